The van der Waals surface area contributed by atoms with E-state index in [0.717, 1.165) is 41.6 Å². The Labute approximate surface area is 204 Å². The summed E-state index contributed by atoms with van der Waals surface area (Å²) in [6.07, 6.45) is -3.49. The number of thioether (sulfide) groups is 1. The number of hydrogen-bond acceptors (Lipinski definition) is 6. The van der Waals surface area contributed by atoms with E-state index in [-0.39, 0.29) is 11.7 Å². The number of amides is 2. The first-order chi connectivity index (χ1) is 16.7. The Morgan fingerprint density at radius 2 is 1.66 bits per heavy atom. The number of halogens is 3. The SMILES string of the molecule is COC(=O)C1=C(C)N=C2SCCCN2C1c1ccc(NC(=O)Nc2ccc(C(F)(F)F)cc2)cc1. The van der Waals surface area contributed by atoms with Gasteiger partial charge < -0.3 is 20.3 Å². The third-order valence-corrected chi connectivity index (χ3v) is 6.69. The van der Waals surface area contributed by atoms with Gasteiger partial charge in [-0.25, -0.2) is 14.6 Å². The molecule has 0 bridgehead atoms. The van der Waals surface area contributed by atoms with Gasteiger partial charge in [-0.2, -0.15) is 13.2 Å². The highest BCUT2D eigenvalue weighted by molar-refractivity contribution is 8.13. The summed E-state index contributed by atoms with van der Waals surface area (Å²) in [6.45, 7) is 2.54. The fourth-order valence-corrected chi connectivity index (χ4v) is 4.99. The molecule has 2 aromatic rings. The van der Waals surface area contributed by atoms with Gasteiger partial charge >= 0.3 is 18.2 Å². The van der Waals surface area contributed by atoms with Gasteiger partial charge in [-0.05, 0) is 55.3 Å². The maximum Gasteiger partial charge on any atom is 0.416 e. The molecule has 0 aromatic heterocycles. The number of amidine groups is 1. The van der Waals surface area contributed by atoms with Crippen molar-refractivity contribution in [1.82, 2.24) is 4.90 Å². The van der Waals surface area contributed by atoms with Crippen molar-refractivity contribution in [2.45, 2.75) is 25.6 Å². The van der Waals surface area contributed by atoms with E-state index >= 15 is 0 Å². The van der Waals surface area contributed by atoms with Crippen molar-refractivity contribution in [3.8, 4) is 0 Å². The number of nitrogens with zero attached hydrogens (tertiary/aromatic N) is 2. The van der Waals surface area contributed by atoms with Crippen LogP contribution in [0.25, 0.3) is 0 Å². The quantitative estimate of drug-likeness (QED) is 0.526. The number of esters is 1. The molecule has 2 aliphatic rings. The zero-order valence-electron chi connectivity index (χ0n) is 19.0. The Bertz CT molecular complexity index is 1180. The molecular weight excluding hydrogens is 481 g/mol. The number of nitrogens with one attached hydrogen (secondary N) is 2. The highest BCUT2D eigenvalue weighted by Gasteiger charge is 2.37. The number of anilines is 2. The monoisotopic (exact) mass is 504 g/mol. The number of fused-ring (bicyclic) bond motifs is 1. The average molecular weight is 505 g/mol. The predicted molar refractivity (Wildman–Crippen MR) is 129 cm³/mol. The normalized spacial score (nSPS) is 17.9. The molecule has 0 aliphatic carbocycles. The fraction of sp³-hybridized carbons (Fsp3) is 0.292. The van der Waals surface area contributed by atoms with Gasteiger partial charge in [0.25, 0.3) is 0 Å². The van der Waals surface area contributed by atoms with Gasteiger partial charge in [0, 0.05) is 23.7 Å². The molecule has 2 heterocycles. The molecule has 2 N–H and O–H groups in total. The second-order valence-corrected chi connectivity index (χ2v) is 9.02. The summed E-state index contributed by atoms with van der Waals surface area (Å²) < 4.78 is 43.1. The van der Waals surface area contributed by atoms with Crippen LogP contribution in [0.2, 0.25) is 0 Å². The van der Waals surface area contributed by atoms with E-state index in [1.54, 1.807) is 30.8 Å². The molecule has 0 radical (unpaired) electrons. The number of benzene rings is 2. The maximum absolute atomic E-state index is 12.7. The van der Waals surface area contributed by atoms with Gasteiger partial charge in [0.05, 0.1) is 30.0 Å². The summed E-state index contributed by atoms with van der Waals surface area (Å²) in [5, 5.41) is 6.03. The Kier molecular flexibility index (Phi) is 7.06. The van der Waals surface area contributed by atoms with Crippen LogP contribution in [0.3, 0.4) is 0 Å². The molecule has 0 saturated carbocycles. The lowest BCUT2D eigenvalue weighted by Crippen LogP contribution is -2.42. The van der Waals surface area contributed by atoms with E-state index in [0.29, 0.717) is 17.0 Å². The summed E-state index contributed by atoms with van der Waals surface area (Å²) in [7, 11) is 1.34. The van der Waals surface area contributed by atoms with Crippen LogP contribution in [0.5, 0.6) is 0 Å². The second-order valence-electron chi connectivity index (χ2n) is 7.96. The van der Waals surface area contributed by atoms with Crippen LogP contribution in [0.1, 0.15) is 30.5 Å². The lowest BCUT2D eigenvalue weighted by atomic mass is 9.94. The number of urea groups is 1. The van der Waals surface area contributed by atoms with Gasteiger partial charge in [0.2, 0.25) is 0 Å². The number of carbonyl (C=O) groups excluding carboxylic acids is 2. The molecule has 1 unspecified atom stereocenters. The Balaban J connectivity index is 1.49. The molecule has 2 amide bonds. The highest BCUT2D eigenvalue weighted by atomic mass is 32.2. The molecule has 2 aromatic carbocycles. The number of methoxy groups -OCH3 is 1. The summed E-state index contributed by atoms with van der Waals surface area (Å²) in [4.78, 5) is 31.6. The van der Waals surface area contributed by atoms with Crippen LogP contribution in [-0.4, -0.2) is 41.5 Å². The molecule has 1 saturated heterocycles. The molecule has 11 heteroatoms. The summed E-state index contributed by atoms with van der Waals surface area (Å²) >= 11 is 1.65. The van der Waals surface area contributed by atoms with E-state index in [2.05, 4.69) is 20.5 Å². The Morgan fingerprint density at radius 1 is 1.06 bits per heavy atom. The summed E-state index contributed by atoms with van der Waals surface area (Å²) in [5.41, 5.74) is 1.84. The molecule has 1 fully saturated rings. The van der Waals surface area contributed by atoms with Gasteiger partial charge in [-0.15, -0.1) is 0 Å². The molecule has 0 spiro atoms. The molecule has 35 heavy (non-hydrogen) atoms. The van der Waals surface area contributed by atoms with Crippen molar-refractivity contribution >= 4 is 40.3 Å². The molecule has 2 aliphatic heterocycles. The van der Waals surface area contributed by atoms with Crippen molar-refractivity contribution < 1.29 is 27.5 Å². The smallest absolute Gasteiger partial charge is 0.416 e. The summed E-state index contributed by atoms with van der Waals surface area (Å²) in [5.74, 6) is 0.517. The van der Waals surface area contributed by atoms with Gasteiger partial charge in [0.1, 0.15) is 0 Å². The van der Waals surface area contributed by atoms with Crippen LogP contribution in [-0.2, 0) is 15.7 Å². The number of hydrogen-bond donors (Lipinski definition) is 2. The molecule has 1 atom stereocenters. The minimum absolute atomic E-state index is 0.229. The first kappa shape index (κ1) is 24.6. The number of allylic oxidation sites excluding steroid dienone is 1. The van der Waals surface area contributed by atoms with Gasteiger partial charge in [-0.3, -0.25) is 0 Å². The van der Waals surface area contributed by atoms with E-state index in [1.807, 2.05) is 12.1 Å². The topological polar surface area (TPSA) is 83.0 Å². The Morgan fingerprint density at radius 3 is 2.23 bits per heavy atom. The molecule has 4 rings (SSSR count). The van der Waals surface area contributed by atoms with E-state index < -0.39 is 23.7 Å². The lowest BCUT2D eigenvalue weighted by Gasteiger charge is -2.40. The fourth-order valence-electron chi connectivity index (χ4n) is 3.97. The van der Waals surface area contributed by atoms with Crippen LogP contribution < -0.4 is 10.6 Å². The molecular formula is C24H23F3N4O3S. The second kappa shape index (κ2) is 10.0. The van der Waals surface area contributed by atoms with Gasteiger partial charge in [0.15, 0.2) is 5.17 Å². The largest absolute Gasteiger partial charge is 0.466 e. The Hall–Kier alpha value is -3.47. The van der Waals surface area contributed by atoms with Crippen molar-refractivity contribution in [3.05, 3.63) is 70.9 Å². The van der Waals surface area contributed by atoms with E-state index in [9.17, 15) is 22.8 Å². The minimum Gasteiger partial charge on any atom is -0.466 e. The van der Waals surface area contributed by atoms with Gasteiger partial charge in [-0.1, -0.05) is 23.9 Å². The lowest BCUT2D eigenvalue weighted by molar-refractivity contribution is -0.138. The number of alkyl halides is 3. The van der Waals surface area contributed by atoms with E-state index in [4.69, 9.17) is 4.74 Å². The van der Waals surface area contributed by atoms with Crippen molar-refractivity contribution in [2.24, 2.45) is 4.99 Å². The average Bonchev–Trinajstić information content (AvgIpc) is 2.83. The zero-order chi connectivity index (χ0) is 25.2. The predicted octanol–water partition coefficient (Wildman–Crippen LogP) is 5.65. The first-order valence-electron chi connectivity index (χ1n) is 10.8. The van der Waals surface area contributed by atoms with E-state index in [1.165, 1.54) is 19.2 Å². The third kappa shape index (κ3) is 5.45. The number of rotatable bonds is 4. The van der Waals surface area contributed by atoms with Crippen molar-refractivity contribution in [3.63, 3.8) is 0 Å². The van der Waals surface area contributed by atoms with Crippen LogP contribution >= 0.6 is 11.8 Å². The molecule has 184 valence electrons. The maximum atomic E-state index is 12.7. The van der Waals surface area contributed by atoms with Crippen LogP contribution in [0, 0.1) is 0 Å². The highest BCUT2D eigenvalue weighted by Crippen LogP contribution is 2.40. The van der Waals surface area contributed by atoms with Crippen LogP contribution in [0.15, 0.2) is 64.8 Å². The minimum atomic E-state index is -4.44. The van der Waals surface area contributed by atoms with Crippen molar-refractivity contribution in [2.75, 3.05) is 30.0 Å². The molecule has 7 nitrogen and oxygen atoms in total. The number of aliphatic imine (C=N–C) groups is 1. The van der Waals surface area contributed by atoms with Crippen molar-refractivity contribution in [1.29, 1.82) is 0 Å². The summed E-state index contributed by atoms with van der Waals surface area (Å²) in [6, 6.07) is 10.3. The van der Waals surface area contributed by atoms with Crippen LogP contribution in [0.4, 0.5) is 29.3 Å². The zero-order valence-corrected chi connectivity index (χ0v) is 19.8. The third-order valence-electron chi connectivity index (χ3n) is 5.62. The first-order valence-corrected chi connectivity index (χ1v) is 11.8. The number of carbonyl (C=O) groups is 2. The number of ether oxygens (including phenoxy) is 1. The standard InChI is InChI=1S/C24H23F3N4O3S/c1-14-19(21(32)34-2)20(31-12-3-13-35-23(31)28-14)15-4-8-17(9-5-15)29-22(33)30-18-10-6-16(7-11-18)24(25,26)27/h4-11,20H,3,12-13H2,1-2H3,(H2,29,30,33).